The molecule has 0 saturated carbocycles. The van der Waals surface area contributed by atoms with Gasteiger partial charge in [-0.3, -0.25) is 0 Å². The third-order valence-electron chi connectivity index (χ3n) is 3.67. The van der Waals surface area contributed by atoms with Crippen molar-refractivity contribution in [1.82, 2.24) is 4.90 Å². The Hall–Kier alpha value is -1.57. The third-order valence-corrected chi connectivity index (χ3v) is 3.67. The number of rotatable bonds is 3. The fourth-order valence-corrected chi connectivity index (χ4v) is 2.73. The number of likely N-dealkylation sites (N-methyl/N-ethyl adjacent to an activating group) is 1. The fraction of sp³-hybridized carbons (Fsp3) is 0.533. The Balaban J connectivity index is 2.25. The number of benzene rings is 1. The van der Waals surface area contributed by atoms with Crippen LogP contribution in [0.25, 0.3) is 0 Å². The van der Waals surface area contributed by atoms with Crippen LogP contribution in [0.15, 0.2) is 24.3 Å². The summed E-state index contributed by atoms with van der Waals surface area (Å²) >= 11 is 0. The van der Waals surface area contributed by atoms with Gasteiger partial charge in [0.05, 0.1) is 11.6 Å². The lowest BCUT2D eigenvalue weighted by Crippen LogP contribution is -2.41. The van der Waals surface area contributed by atoms with E-state index in [4.69, 9.17) is 5.26 Å². The van der Waals surface area contributed by atoms with Crippen molar-refractivity contribution >= 4 is 5.69 Å². The number of aliphatic hydroxyl groups excluding tert-OH is 1. The van der Waals surface area contributed by atoms with Gasteiger partial charge in [-0.15, -0.1) is 0 Å². The predicted molar refractivity (Wildman–Crippen MR) is 76.1 cm³/mol. The van der Waals surface area contributed by atoms with Gasteiger partial charge in [-0.1, -0.05) is 6.07 Å². The fourth-order valence-electron chi connectivity index (χ4n) is 2.73. The van der Waals surface area contributed by atoms with E-state index in [1.807, 2.05) is 18.2 Å². The van der Waals surface area contributed by atoms with Gasteiger partial charge < -0.3 is 14.9 Å². The monoisotopic (exact) mass is 259 g/mol. The van der Waals surface area contributed by atoms with Gasteiger partial charge in [0, 0.05) is 31.4 Å². The van der Waals surface area contributed by atoms with Gasteiger partial charge in [0.15, 0.2) is 0 Å². The highest BCUT2D eigenvalue weighted by Crippen LogP contribution is 2.22. The molecule has 1 aliphatic rings. The molecule has 4 nitrogen and oxygen atoms in total. The topological polar surface area (TPSA) is 50.5 Å². The van der Waals surface area contributed by atoms with Crippen molar-refractivity contribution in [3.63, 3.8) is 0 Å². The van der Waals surface area contributed by atoms with E-state index in [1.165, 1.54) is 0 Å². The van der Waals surface area contributed by atoms with E-state index in [0.717, 1.165) is 38.2 Å². The molecule has 0 aromatic heterocycles. The Morgan fingerprint density at radius 3 is 3.00 bits per heavy atom. The molecule has 4 heteroatoms. The zero-order valence-corrected chi connectivity index (χ0v) is 11.4. The van der Waals surface area contributed by atoms with E-state index in [0.29, 0.717) is 11.6 Å². The van der Waals surface area contributed by atoms with Crippen molar-refractivity contribution < 1.29 is 5.11 Å². The van der Waals surface area contributed by atoms with Crippen molar-refractivity contribution in [2.75, 3.05) is 38.2 Å². The molecule has 1 N–H and O–H groups in total. The standard InChI is InChI=1S/C15H21N3O/c1-17-7-3-8-18(15(12-17)6-9-19)14-5-2-4-13(10-14)11-16/h2,4-5,10,15,19H,3,6-9,12H2,1H3. The molecule has 0 amide bonds. The summed E-state index contributed by atoms with van der Waals surface area (Å²) in [5, 5.41) is 18.3. The number of hydrogen-bond acceptors (Lipinski definition) is 4. The predicted octanol–water partition coefficient (Wildman–Crippen LogP) is 1.45. The number of nitriles is 1. The van der Waals surface area contributed by atoms with Gasteiger partial charge >= 0.3 is 0 Å². The molecule has 0 spiro atoms. The maximum absolute atomic E-state index is 9.26. The van der Waals surface area contributed by atoms with Crippen LogP contribution >= 0.6 is 0 Å². The maximum Gasteiger partial charge on any atom is 0.0992 e. The van der Waals surface area contributed by atoms with Crippen LogP contribution in [0.3, 0.4) is 0 Å². The van der Waals surface area contributed by atoms with E-state index >= 15 is 0 Å². The molecule has 1 fully saturated rings. The molecule has 1 aliphatic heterocycles. The first-order valence-electron chi connectivity index (χ1n) is 6.81. The lowest BCUT2D eigenvalue weighted by molar-refractivity contribution is 0.253. The van der Waals surface area contributed by atoms with Crippen molar-refractivity contribution in [2.45, 2.75) is 18.9 Å². The molecule has 1 atom stereocenters. The summed E-state index contributed by atoms with van der Waals surface area (Å²) in [5.74, 6) is 0. The van der Waals surface area contributed by atoms with Gasteiger partial charge in [0.25, 0.3) is 0 Å². The average Bonchev–Trinajstić information content (AvgIpc) is 2.61. The third kappa shape index (κ3) is 3.46. The second-order valence-corrected chi connectivity index (χ2v) is 5.14. The van der Waals surface area contributed by atoms with Crippen molar-refractivity contribution in [3.05, 3.63) is 29.8 Å². The minimum Gasteiger partial charge on any atom is -0.396 e. The molecule has 102 valence electrons. The second-order valence-electron chi connectivity index (χ2n) is 5.14. The van der Waals surface area contributed by atoms with Gasteiger partial charge in [0.2, 0.25) is 0 Å². The van der Waals surface area contributed by atoms with E-state index in [1.54, 1.807) is 0 Å². The van der Waals surface area contributed by atoms with Crippen LogP contribution in [-0.2, 0) is 0 Å². The Morgan fingerprint density at radius 1 is 1.42 bits per heavy atom. The average molecular weight is 259 g/mol. The molecule has 0 aliphatic carbocycles. The molecular weight excluding hydrogens is 238 g/mol. The van der Waals surface area contributed by atoms with Crippen LogP contribution in [0.1, 0.15) is 18.4 Å². The van der Waals surface area contributed by atoms with Gasteiger partial charge in [-0.2, -0.15) is 5.26 Å². The summed E-state index contributed by atoms with van der Waals surface area (Å²) in [6.07, 6.45) is 1.87. The Bertz CT molecular complexity index is 455. The quantitative estimate of drug-likeness (QED) is 0.892. The van der Waals surface area contributed by atoms with Gasteiger partial charge in [0.1, 0.15) is 0 Å². The highest BCUT2D eigenvalue weighted by atomic mass is 16.3. The Kier molecular flexibility index (Phi) is 4.78. The molecule has 1 aromatic carbocycles. The van der Waals surface area contributed by atoms with Crippen LogP contribution in [0, 0.1) is 11.3 Å². The minimum absolute atomic E-state index is 0.201. The molecular formula is C15H21N3O. The smallest absolute Gasteiger partial charge is 0.0992 e. The normalized spacial score (nSPS) is 20.9. The van der Waals surface area contributed by atoms with E-state index < -0.39 is 0 Å². The SMILES string of the molecule is CN1CCCN(c2cccc(C#N)c2)C(CCO)C1. The molecule has 19 heavy (non-hydrogen) atoms. The molecule has 1 aromatic rings. The summed E-state index contributed by atoms with van der Waals surface area (Å²) < 4.78 is 0. The van der Waals surface area contributed by atoms with E-state index in [9.17, 15) is 5.11 Å². The van der Waals surface area contributed by atoms with Crippen molar-refractivity contribution in [2.24, 2.45) is 0 Å². The Morgan fingerprint density at radius 2 is 2.26 bits per heavy atom. The number of hydrogen-bond donors (Lipinski definition) is 1. The van der Waals surface area contributed by atoms with E-state index in [-0.39, 0.29) is 6.61 Å². The zero-order chi connectivity index (χ0) is 13.7. The number of aliphatic hydroxyl groups is 1. The van der Waals surface area contributed by atoms with Gasteiger partial charge in [-0.05, 0) is 44.6 Å². The first kappa shape index (κ1) is 13.9. The van der Waals surface area contributed by atoms with E-state index in [2.05, 4.69) is 29.0 Å². The minimum atomic E-state index is 0.201. The first-order valence-corrected chi connectivity index (χ1v) is 6.81. The summed E-state index contributed by atoms with van der Waals surface area (Å²) in [6, 6.07) is 10.3. The lowest BCUT2D eigenvalue weighted by atomic mass is 10.1. The second kappa shape index (κ2) is 6.55. The number of nitrogens with zero attached hydrogens (tertiary/aromatic N) is 3. The number of anilines is 1. The first-order chi connectivity index (χ1) is 9.24. The highest BCUT2D eigenvalue weighted by Gasteiger charge is 2.23. The lowest BCUT2D eigenvalue weighted by Gasteiger charge is -2.32. The molecule has 1 unspecified atom stereocenters. The van der Waals surface area contributed by atoms with Crippen LogP contribution in [0.2, 0.25) is 0 Å². The van der Waals surface area contributed by atoms with Crippen LogP contribution in [-0.4, -0.2) is 49.3 Å². The molecule has 0 bridgehead atoms. The van der Waals surface area contributed by atoms with Crippen molar-refractivity contribution in [3.8, 4) is 6.07 Å². The molecule has 1 saturated heterocycles. The molecule has 1 heterocycles. The summed E-state index contributed by atoms with van der Waals surface area (Å²) in [6.45, 7) is 3.21. The summed E-state index contributed by atoms with van der Waals surface area (Å²) in [4.78, 5) is 4.65. The summed E-state index contributed by atoms with van der Waals surface area (Å²) in [7, 11) is 2.12. The van der Waals surface area contributed by atoms with Crippen LogP contribution in [0.5, 0.6) is 0 Å². The van der Waals surface area contributed by atoms with Gasteiger partial charge in [-0.25, -0.2) is 0 Å². The summed E-state index contributed by atoms with van der Waals surface area (Å²) in [5.41, 5.74) is 1.78. The highest BCUT2D eigenvalue weighted by molar-refractivity contribution is 5.52. The van der Waals surface area contributed by atoms with Crippen LogP contribution in [0.4, 0.5) is 5.69 Å². The van der Waals surface area contributed by atoms with Crippen LogP contribution < -0.4 is 4.90 Å². The largest absolute Gasteiger partial charge is 0.396 e. The zero-order valence-electron chi connectivity index (χ0n) is 11.4. The van der Waals surface area contributed by atoms with Crippen molar-refractivity contribution in [1.29, 1.82) is 5.26 Å². The molecule has 0 radical (unpaired) electrons. The maximum atomic E-state index is 9.26. The molecule has 2 rings (SSSR count). The Labute approximate surface area is 114 Å².